The predicted octanol–water partition coefficient (Wildman–Crippen LogP) is 3.09. The Morgan fingerprint density at radius 1 is 0.821 bits per heavy atom. The smallest absolute Gasteiger partial charge is 0.270 e. The summed E-state index contributed by atoms with van der Waals surface area (Å²) in [7, 11) is 0. The van der Waals surface area contributed by atoms with Crippen LogP contribution < -0.4 is 16.4 Å². The van der Waals surface area contributed by atoms with Crippen LogP contribution in [-0.4, -0.2) is 47.2 Å². The molecule has 39 heavy (non-hydrogen) atoms. The van der Waals surface area contributed by atoms with Gasteiger partial charge in [-0.1, -0.05) is 33.1 Å². The van der Waals surface area contributed by atoms with Gasteiger partial charge in [0.1, 0.15) is 11.1 Å². The van der Waals surface area contributed by atoms with E-state index in [0.717, 1.165) is 36.5 Å². The molecular weight excluding hydrogens is 556 g/mol. The van der Waals surface area contributed by atoms with Gasteiger partial charge in [-0.15, -0.1) is 0 Å². The van der Waals surface area contributed by atoms with Crippen LogP contribution in [0.2, 0.25) is 0 Å². The molecule has 11 nitrogen and oxygen atoms in total. The third kappa shape index (κ3) is 7.57. The summed E-state index contributed by atoms with van der Waals surface area (Å²) in [5.74, 6) is -0.811. The monoisotopic (exact) mass is 585 g/mol. The number of hydrogen-bond acceptors (Lipinski definition) is 8. The molecule has 0 aliphatic rings. The third-order valence-electron chi connectivity index (χ3n) is 5.79. The molecule has 0 spiro atoms. The number of amides is 1. The van der Waals surface area contributed by atoms with Crippen LogP contribution in [0.3, 0.4) is 0 Å². The van der Waals surface area contributed by atoms with Gasteiger partial charge in [0.15, 0.2) is 28.6 Å². The standard InChI is InChI=1S/C14H16N2O3.C13H15N3O3.Zn/c1-2-3-4-6-11(17)10-9-15-13-12(18)7-5-8-16(13)14(10)19;1-2-3-6-14-12(18)9-8-15-11-10(17)5-4-7-16(11)13(9)19;/h5,7-9,18H,2-4,6H2,1H3;4-5,7-8,17H,2-3,6H2,1H3,(H,14,18);. The van der Waals surface area contributed by atoms with Crippen molar-refractivity contribution in [2.75, 3.05) is 6.54 Å². The van der Waals surface area contributed by atoms with Crippen molar-refractivity contribution in [1.82, 2.24) is 24.1 Å². The number of aromatic nitrogens is 4. The molecule has 0 aromatic carbocycles. The number of carbonyl (C=O) groups excluding carboxylic acids is 2. The van der Waals surface area contributed by atoms with Gasteiger partial charge in [-0.25, -0.2) is 9.97 Å². The third-order valence-corrected chi connectivity index (χ3v) is 5.79. The molecule has 0 radical (unpaired) electrons. The van der Waals surface area contributed by atoms with E-state index >= 15 is 0 Å². The first kappa shape index (κ1) is 31.3. The zero-order valence-electron chi connectivity index (χ0n) is 22.1. The van der Waals surface area contributed by atoms with Crippen molar-refractivity contribution in [3.8, 4) is 11.5 Å². The minimum absolute atomic E-state index is 0. The molecule has 0 aliphatic heterocycles. The molecule has 4 aromatic rings. The zero-order chi connectivity index (χ0) is 27.7. The second kappa shape index (κ2) is 14.9. The fourth-order valence-electron chi connectivity index (χ4n) is 3.67. The van der Waals surface area contributed by atoms with Crippen LogP contribution in [0.5, 0.6) is 11.5 Å². The molecule has 1 amide bonds. The summed E-state index contributed by atoms with van der Waals surface area (Å²) in [4.78, 5) is 56.0. The molecule has 12 heteroatoms. The molecular formula is C27H31N5O6Zn. The van der Waals surface area contributed by atoms with E-state index in [1.54, 1.807) is 0 Å². The normalized spacial score (nSPS) is 10.4. The fraction of sp³-hybridized carbons (Fsp3) is 0.333. The molecule has 4 heterocycles. The van der Waals surface area contributed by atoms with Crippen molar-refractivity contribution in [2.24, 2.45) is 0 Å². The van der Waals surface area contributed by atoms with Crippen LogP contribution in [-0.2, 0) is 19.5 Å². The summed E-state index contributed by atoms with van der Waals surface area (Å²) in [6, 6.07) is 5.94. The molecule has 0 bridgehead atoms. The number of rotatable bonds is 9. The van der Waals surface area contributed by atoms with Crippen molar-refractivity contribution in [3.05, 3.63) is 80.9 Å². The maximum Gasteiger partial charge on any atom is 0.270 e. The molecule has 0 unspecified atom stereocenters. The van der Waals surface area contributed by atoms with Crippen LogP contribution in [0.25, 0.3) is 11.3 Å². The Bertz CT molecular complexity index is 1450. The van der Waals surface area contributed by atoms with Gasteiger partial charge < -0.3 is 15.5 Å². The van der Waals surface area contributed by atoms with Crippen molar-refractivity contribution in [2.45, 2.75) is 52.4 Å². The van der Waals surface area contributed by atoms with E-state index in [9.17, 15) is 29.4 Å². The van der Waals surface area contributed by atoms with Crippen molar-refractivity contribution >= 4 is 23.0 Å². The molecule has 0 fully saturated rings. The number of pyridine rings is 2. The number of aromatic hydroxyl groups is 2. The maximum absolute atomic E-state index is 12.1. The van der Waals surface area contributed by atoms with Crippen LogP contribution >= 0.6 is 0 Å². The van der Waals surface area contributed by atoms with E-state index in [4.69, 9.17) is 0 Å². The van der Waals surface area contributed by atoms with E-state index in [1.165, 1.54) is 53.5 Å². The molecule has 202 valence electrons. The van der Waals surface area contributed by atoms with Crippen molar-refractivity contribution in [1.29, 1.82) is 0 Å². The van der Waals surface area contributed by atoms with E-state index in [0.29, 0.717) is 13.0 Å². The van der Waals surface area contributed by atoms with Gasteiger partial charge in [-0.2, -0.15) is 0 Å². The fourth-order valence-corrected chi connectivity index (χ4v) is 3.67. The van der Waals surface area contributed by atoms with Gasteiger partial charge in [-0.05, 0) is 37.1 Å². The van der Waals surface area contributed by atoms with Crippen LogP contribution in [0, 0.1) is 0 Å². The first-order valence-corrected chi connectivity index (χ1v) is 12.5. The van der Waals surface area contributed by atoms with E-state index in [2.05, 4.69) is 22.2 Å². The Balaban J connectivity index is 0.000000267. The number of unbranched alkanes of at least 4 members (excludes halogenated alkanes) is 3. The molecule has 4 rings (SSSR count). The summed E-state index contributed by atoms with van der Waals surface area (Å²) in [5.41, 5.74) is -0.564. The Kier molecular flexibility index (Phi) is 11.9. The quantitative estimate of drug-likeness (QED) is 0.153. The maximum atomic E-state index is 12.1. The average molecular weight is 587 g/mol. The number of fused-ring (bicyclic) bond motifs is 2. The number of ketones is 1. The van der Waals surface area contributed by atoms with E-state index < -0.39 is 17.0 Å². The topological polar surface area (TPSA) is 155 Å². The first-order chi connectivity index (χ1) is 18.3. The first-order valence-electron chi connectivity index (χ1n) is 12.5. The van der Waals surface area contributed by atoms with E-state index in [1.807, 2.05) is 6.92 Å². The number of hydrogen-bond donors (Lipinski definition) is 3. The van der Waals surface area contributed by atoms with Gasteiger partial charge in [-0.3, -0.25) is 28.0 Å². The summed E-state index contributed by atoms with van der Waals surface area (Å²) in [6.07, 6.45) is 10.3. The minimum Gasteiger partial charge on any atom is -0.504 e. The minimum atomic E-state index is -0.491. The van der Waals surface area contributed by atoms with Crippen molar-refractivity contribution in [3.63, 3.8) is 0 Å². The van der Waals surface area contributed by atoms with Crippen molar-refractivity contribution < 1.29 is 39.3 Å². The summed E-state index contributed by atoms with van der Waals surface area (Å²) in [6.45, 7) is 4.60. The largest absolute Gasteiger partial charge is 0.504 e. The second-order valence-corrected chi connectivity index (χ2v) is 8.62. The van der Waals surface area contributed by atoms with Crippen LogP contribution in [0.1, 0.15) is 73.1 Å². The Morgan fingerprint density at radius 3 is 1.87 bits per heavy atom. The van der Waals surface area contributed by atoms with Gasteiger partial charge in [0.05, 0.1) is 0 Å². The van der Waals surface area contributed by atoms with Crippen LogP contribution in [0.4, 0.5) is 0 Å². The predicted molar refractivity (Wildman–Crippen MR) is 142 cm³/mol. The Labute approximate surface area is 237 Å². The molecule has 0 saturated carbocycles. The number of nitrogens with zero attached hydrogens (tertiary/aromatic N) is 4. The Hall–Kier alpha value is -3.92. The van der Waals surface area contributed by atoms with E-state index in [-0.39, 0.29) is 59.2 Å². The number of nitrogens with one attached hydrogen (secondary N) is 1. The Morgan fingerprint density at radius 2 is 1.33 bits per heavy atom. The van der Waals surface area contributed by atoms with Gasteiger partial charge >= 0.3 is 0 Å². The average Bonchev–Trinajstić information content (AvgIpc) is 2.90. The number of carbonyl (C=O) groups is 2. The molecule has 0 saturated heterocycles. The SMILES string of the molecule is CCCCCC(=O)c1cnc2c(O)cccn2c1=O.CCCCNC(=O)c1cnc2c(O)cccn2c1=O.[Zn]. The molecule has 3 N–H and O–H groups in total. The number of Topliss-reactive ketones (excluding diaryl/α,β-unsaturated/α-hetero) is 1. The van der Waals surface area contributed by atoms with Gasteiger partial charge in [0.25, 0.3) is 17.0 Å². The molecule has 0 aliphatic carbocycles. The summed E-state index contributed by atoms with van der Waals surface area (Å²) in [5, 5.41) is 21.8. The second-order valence-electron chi connectivity index (χ2n) is 8.62. The summed E-state index contributed by atoms with van der Waals surface area (Å²) >= 11 is 0. The zero-order valence-corrected chi connectivity index (χ0v) is 25.1. The summed E-state index contributed by atoms with van der Waals surface area (Å²) < 4.78 is 2.35. The van der Waals surface area contributed by atoms with Crippen LogP contribution in [0.15, 0.2) is 58.6 Å². The molecule has 4 aromatic heterocycles. The molecule has 0 atom stereocenters. The van der Waals surface area contributed by atoms with Gasteiger partial charge in [0, 0.05) is 57.2 Å². The van der Waals surface area contributed by atoms with Gasteiger partial charge in [0.2, 0.25) is 0 Å².